The highest BCUT2D eigenvalue weighted by Gasteiger charge is 2.21. The number of amides is 2. The number of benzene rings is 1. The summed E-state index contributed by atoms with van der Waals surface area (Å²) in [5.41, 5.74) is 1.95. The van der Waals surface area contributed by atoms with Crippen LogP contribution in [-0.2, 0) is 14.3 Å². The molecule has 0 aliphatic carbocycles. The van der Waals surface area contributed by atoms with Crippen LogP contribution in [0.25, 0.3) is 0 Å². The molecule has 2 amide bonds. The first-order valence-electron chi connectivity index (χ1n) is 8.73. The molecule has 0 unspecified atom stereocenters. The molecule has 0 saturated carbocycles. The summed E-state index contributed by atoms with van der Waals surface area (Å²) in [6.45, 7) is 2.80. The van der Waals surface area contributed by atoms with E-state index in [4.69, 9.17) is 4.74 Å². The lowest BCUT2D eigenvalue weighted by atomic mass is 10.0. The highest BCUT2D eigenvalue weighted by Crippen LogP contribution is 2.14. The van der Waals surface area contributed by atoms with Crippen LogP contribution in [0.4, 0.5) is 0 Å². The summed E-state index contributed by atoms with van der Waals surface area (Å²) in [7, 11) is 0. The van der Waals surface area contributed by atoms with Gasteiger partial charge >= 0.3 is 0 Å². The number of hydrogen-bond acceptors (Lipinski definition) is 5. The molecule has 7 nitrogen and oxygen atoms in total. The fraction of sp³-hybridized carbons (Fsp3) is 0.500. The fourth-order valence-electron chi connectivity index (χ4n) is 2.96. The first-order chi connectivity index (χ1) is 12.2. The van der Waals surface area contributed by atoms with Gasteiger partial charge in [0.25, 0.3) is 0 Å². The third-order valence-corrected chi connectivity index (χ3v) is 4.29. The molecule has 2 aliphatic rings. The van der Waals surface area contributed by atoms with E-state index in [1.54, 1.807) is 0 Å². The van der Waals surface area contributed by atoms with E-state index in [0.29, 0.717) is 45.6 Å². The summed E-state index contributed by atoms with van der Waals surface area (Å²) in [5.74, 6) is -0.0454. The second-order valence-corrected chi connectivity index (χ2v) is 6.21. The maximum Gasteiger partial charge on any atom is 0.243 e. The lowest BCUT2D eigenvalue weighted by Gasteiger charge is -2.25. The molecule has 0 bridgehead atoms. The summed E-state index contributed by atoms with van der Waals surface area (Å²) < 4.78 is 5.34. The molecule has 1 fully saturated rings. The van der Waals surface area contributed by atoms with Crippen LogP contribution in [0.2, 0.25) is 0 Å². The molecule has 1 aromatic rings. The van der Waals surface area contributed by atoms with Crippen molar-refractivity contribution < 1.29 is 14.3 Å². The number of ether oxygens (including phenoxy) is 1. The number of carbonyl (C=O) groups excluding carboxylic acids is 2. The van der Waals surface area contributed by atoms with Crippen molar-refractivity contribution in [1.82, 2.24) is 15.6 Å². The van der Waals surface area contributed by atoms with Gasteiger partial charge in [-0.25, -0.2) is 5.01 Å². The van der Waals surface area contributed by atoms with Gasteiger partial charge in [-0.1, -0.05) is 30.3 Å². The van der Waals surface area contributed by atoms with Crippen LogP contribution in [0.3, 0.4) is 0 Å². The maximum atomic E-state index is 12.0. The van der Waals surface area contributed by atoms with Crippen molar-refractivity contribution in [1.29, 1.82) is 0 Å². The molecule has 7 heteroatoms. The second kappa shape index (κ2) is 8.73. The average Bonchev–Trinajstić information content (AvgIpc) is 2.65. The molecule has 0 spiro atoms. The minimum atomic E-state index is -0.0419. The van der Waals surface area contributed by atoms with E-state index in [9.17, 15) is 9.59 Å². The minimum absolute atomic E-state index is 0.00345. The zero-order chi connectivity index (χ0) is 17.5. The van der Waals surface area contributed by atoms with Gasteiger partial charge in [0.05, 0.1) is 25.5 Å². The SMILES string of the molecule is O=C(C[C@@H]1COCCN1)NCCN1N=C(c2ccccc2)CCC1=O. The van der Waals surface area contributed by atoms with Gasteiger partial charge in [0.15, 0.2) is 0 Å². The Morgan fingerprint density at radius 3 is 2.92 bits per heavy atom. The summed E-state index contributed by atoms with van der Waals surface area (Å²) in [6, 6.07) is 9.93. The largest absolute Gasteiger partial charge is 0.378 e. The lowest BCUT2D eigenvalue weighted by Crippen LogP contribution is -2.45. The zero-order valence-electron chi connectivity index (χ0n) is 14.2. The summed E-state index contributed by atoms with van der Waals surface area (Å²) in [5, 5.41) is 12.0. The van der Waals surface area contributed by atoms with Crippen LogP contribution in [0.1, 0.15) is 24.8 Å². The van der Waals surface area contributed by atoms with Crippen LogP contribution in [-0.4, -0.2) is 61.4 Å². The Hall–Kier alpha value is -2.25. The molecule has 1 saturated heterocycles. The summed E-state index contributed by atoms with van der Waals surface area (Å²) in [6.07, 6.45) is 1.48. The standard InChI is InChI=1S/C18H24N4O3/c23-17(12-15-13-25-11-9-19-15)20-8-10-22-18(24)7-6-16(21-22)14-4-2-1-3-5-14/h1-5,15,19H,6-13H2,(H,20,23)/t15-/m1/s1. The molecule has 3 rings (SSSR count). The van der Waals surface area contributed by atoms with Crippen LogP contribution >= 0.6 is 0 Å². The second-order valence-electron chi connectivity index (χ2n) is 6.21. The predicted molar refractivity (Wildman–Crippen MR) is 94.2 cm³/mol. The first kappa shape index (κ1) is 17.6. The highest BCUT2D eigenvalue weighted by atomic mass is 16.5. The van der Waals surface area contributed by atoms with E-state index in [-0.39, 0.29) is 17.9 Å². The zero-order valence-corrected chi connectivity index (χ0v) is 14.2. The number of hydrazone groups is 1. The van der Waals surface area contributed by atoms with Crippen LogP contribution < -0.4 is 10.6 Å². The van der Waals surface area contributed by atoms with E-state index in [0.717, 1.165) is 17.8 Å². The predicted octanol–water partition coefficient (Wildman–Crippen LogP) is 0.508. The van der Waals surface area contributed by atoms with Gasteiger partial charge in [0, 0.05) is 38.4 Å². The lowest BCUT2D eigenvalue weighted by molar-refractivity contribution is -0.132. The number of nitrogens with zero attached hydrogens (tertiary/aromatic N) is 2. The van der Waals surface area contributed by atoms with E-state index < -0.39 is 0 Å². The van der Waals surface area contributed by atoms with E-state index >= 15 is 0 Å². The summed E-state index contributed by atoms with van der Waals surface area (Å²) in [4.78, 5) is 24.0. The van der Waals surface area contributed by atoms with Gasteiger partial charge in [-0.2, -0.15) is 5.10 Å². The number of hydrogen-bond donors (Lipinski definition) is 2. The molecule has 0 radical (unpaired) electrons. The van der Waals surface area contributed by atoms with Crippen molar-refractivity contribution in [3.05, 3.63) is 35.9 Å². The third-order valence-electron chi connectivity index (χ3n) is 4.29. The molecular formula is C18H24N4O3. The molecule has 2 N–H and O–H groups in total. The molecule has 2 heterocycles. The van der Waals surface area contributed by atoms with Crippen molar-refractivity contribution in [3.8, 4) is 0 Å². The van der Waals surface area contributed by atoms with Gasteiger partial charge in [0.1, 0.15) is 0 Å². The van der Waals surface area contributed by atoms with Gasteiger partial charge in [-0.05, 0) is 5.56 Å². The molecule has 0 aromatic heterocycles. The van der Waals surface area contributed by atoms with E-state index in [1.165, 1.54) is 5.01 Å². The van der Waals surface area contributed by atoms with Crippen molar-refractivity contribution in [2.24, 2.45) is 5.10 Å². The van der Waals surface area contributed by atoms with Crippen LogP contribution in [0.5, 0.6) is 0 Å². The summed E-state index contributed by atoms with van der Waals surface area (Å²) >= 11 is 0. The normalized spacial score (nSPS) is 21.0. The Morgan fingerprint density at radius 2 is 2.16 bits per heavy atom. The maximum absolute atomic E-state index is 12.0. The molecule has 2 aliphatic heterocycles. The van der Waals surface area contributed by atoms with Crippen molar-refractivity contribution in [3.63, 3.8) is 0 Å². The number of nitrogens with one attached hydrogen (secondary N) is 2. The highest BCUT2D eigenvalue weighted by molar-refractivity contribution is 6.04. The van der Waals surface area contributed by atoms with Gasteiger partial charge in [-0.15, -0.1) is 0 Å². The van der Waals surface area contributed by atoms with Gasteiger partial charge in [0.2, 0.25) is 11.8 Å². The minimum Gasteiger partial charge on any atom is -0.378 e. The monoisotopic (exact) mass is 344 g/mol. The van der Waals surface area contributed by atoms with Crippen molar-refractivity contribution in [2.75, 3.05) is 32.8 Å². The Bertz CT molecular complexity index is 626. The smallest absolute Gasteiger partial charge is 0.243 e. The van der Waals surface area contributed by atoms with E-state index in [2.05, 4.69) is 15.7 Å². The van der Waals surface area contributed by atoms with Crippen LogP contribution in [0.15, 0.2) is 35.4 Å². The van der Waals surface area contributed by atoms with Crippen LogP contribution in [0, 0.1) is 0 Å². The Balaban J connectivity index is 1.47. The Morgan fingerprint density at radius 1 is 1.32 bits per heavy atom. The first-order valence-corrected chi connectivity index (χ1v) is 8.73. The number of morpholine rings is 1. The Labute approximate surface area is 147 Å². The molecule has 134 valence electrons. The van der Waals surface area contributed by atoms with Crippen molar-refractivity contribution >= 4 is 17.5 Å². The molecule has 1 atom stereocenters. The average molecular weight is 344 g/mol. The topological polar surface area (TPSA) is 83.0 Å². The quantitative estimate of drug-likeness (QED) is 0.788. The third kappa shape index (κ3) is 5.11. The van der Waals surface area contributed by atoms with E-state index in [1.807, 2.05) is 30.3 Å². The number of carbonyl (C=O) groups is 2. The molecule has 1 aromatic carbocycles. The Kier molecular flexibility index (Phi) is 6.14. The van der Waals surface area contributed by atoms with Gasteiger partial charge in [-0.3, -0.25) is 9.59 Å². The van der Waals surface area contributed by atoms with Gasteiger partial charge < -0.3 is 15.4 Å². The molecular weight excluding hydrogens is 320 g/mol. The fourth-order valence-corrected chi connectivity index (χ4v) is 2.96. The van der Waals surface area contributed by atoms with Crippen molar-refractivity contribution in [2.45, 2.75) is 25.3 Å². The molecule has 25 heavy (non-hydrogen) atoms. The number of rotatable bonds is 6.